The molecule has 0 radical (unpaired) electrons. The maximum Gasteiger partial charge on any atom is 0.161 e. The first kappa shape index (κ1) is 15.8. The van der Waals surface area contributed by atoms with E-state index in [2.05, 4.69) is 19.2 Å². The molecule has 19 heavy (non-hydrogen) atoms. The zero-order valence-corrected chi connectivity index (χ0v) is 12.3. The lowest BCUT2D eigenvalue weighted by Crippen LogP contribution is -2.18. The fourth-order valence-electron chi connectivity index (χ4n) is 1.80. The van der Waals surface area contributed by atoms with Gasteiger partial charge in [-0.25, -0.2) is 0 Å². The van der Waals surface area contributed by atoms with Crippen molar-refractivity contribution in [1.29, 1.82) is 0 Å². The number of methoxy groups -OCH3 is 1. The second kappa shape index (κ2) is 8.02. The van der Waals surface area contributed by atoms with E-state index in [1.54, 1.807) is 7.11 Å². The molecular weight excluding hydrogens is 242 g/mol. The topological polar surface area (TPSA) is 50.7 Å². The van der Waals surface area contributed by atoms with Crippen LogP contribution in [0.3, 0.4) is 0 Å². The maximum absolute atomic E-state index is 9.52. The highest BCUT2D eigenvalue weighted by Gasteiger charge is 2.11. The SMILES string of the molecule is CCNC(C)c1ccc(OCC(O)CC)c(OC)c1. The largest absolute Gasteiger partial charge is 0.493 e. The van der Waals surface area contributed by atoms with Crippen LogP contribution >= 0.6 is 0 Å². The third kappa shape index (κ3) is 4.73. The Kier molecular flexibility index (Phi) is 6.67. The average molecular weight is 267 g/mol. The number of aliphatic hydroxyl groups is 1. The van der Waals surface area contributed by atoms with E-state index in [9.17, 15) is 5.11 Å². The zero-order valence-electron chi connectivity index (χ0n) is 12.3. The van der Waals surface area contributed by atoms with Gasteiger partial charge in [0.2, 0.25) is 0 Å². The Hall–Kier alpha value is -1.26. The summed E-state index contributed by atoms with van der Waals surface area (Å²) in [7, 11) is 1.63. The number of rotatable bonds is 8. The Morgan fingerprint density at radius 1 is 1.26 bits per heavy atom. The predicted molar refractivity (Wildman–Crippen MR) is 76.9 cm³/mol. The van der Waals surface area contributed by atoms with Gasteiger partial charge < -0.3 is 19.9 Å². The number of aliphatic hydroxyl groups excluding tert-OH is 1. The molecule has 2 atom stereocenters. The molecule has 0 aromatic heterocycles. The zero-order chi connectivity index (χ0) is 14.3. The maximum atomic E-state index is 9.52. The van der Waals surface area contributed by atoms with E-state index >= 15 is 0 Å². The molecule has 4 heteroatoms. The van der Waals surface area contributed by atoms with E-state index < -0.39 is 6.10 Å². The highest BCUT2D eigenvalue weighted by Crippen LogP contribution is 2.30. The summed E-state index contributed by atoms with van der Waals surface area (Å²) in [5.41, 5.74) is 1.15. The predicted octanol–water partition coefficient (Wildman–Crippen LogP) is 2.52. The summed E-state index contributed by atoms with van der Waals surface area (Å²) in [5, 5.41) is 12.9. The minimum absolute atomic E-state index is 0.272. The second-order valence-corrected chi connectivity index (χ2v) is 4.56. The van der Waals surface area contributed by atoms with Crippen LogP contribution in [0.2, 0.25) is 0 Å². The molecule has 0 bridgehead atoms. The van der Waals surface area contributed by atoms with E-state index in [4.69, 9.17) is 9.47 Å². The molecule has 0 fully saturated rings. The van der Waals surface area contributed by atoms with Gasteiger partial charge in [0, 0.05) is 6.04 Å². The molecule has 0 heterocycles. The van der Waals surface area contributed by atoms with Crippen LogP contribution < -0.4 is 14.8 Å². The summed E-state index contributed by atoms with van der Waals surface area (Å²) in [6.45, 7) is 7.32. The van der Waals surface area contributed by atoms with Crippen molar-refractivity contribution in [1.82, 2.24) is 5.32 Å². The molecule has 0 aliphatic rings. The van der Waals surface area contributed by atoms with Gasteiger partial charge in [0.1, 0.15) is 6.61 Å². The van der Waals surface area contributed by atoms with Gasteiger partial charge in [-0.05, 0) is 37.6 Å². The molecule has 0 saturated heterocycles. The molecular formula is C15H25NO3. The monoisotopic (exact) mass is 267 g/mol. The Bertz CT molecular complexity index is 382. The lowest BCUT2D eigenvalue weighted by Gasteiger charge is -2.17. The lowest BCUT2D eigenvalue weighted by molar-refractivity contribution is 0.102. The molecule has 0 spiro atoms. The molecule has 0 aliphatic carbocycles. The number of nitrogens with one attached hydrogen (secondary N) is 1. The van der Waals surface area contributed by atoms with Gasteiger partial charge in [-0.3, -0.25) is 0 Å². The summed E-state index contributed by atoms with van der Waals surface area (Å²) in [6.07, 6.45) is 0.239. The van der Waals surface area contributed by atoms with Gasteiger partial charge in [-0.2, -0.15) is 0 Å². The van der Waals surface area contributed by atoms with Crippen molar-refractivity contribution in [3.05, 3.63) is 23.8 Å². The van der Waals surface area contributed by atoms with Gasteiger partial charge >= 0.3 is 0 Å². The Morgan fingerprint density at radius 2 is 2.00 bits per heavy atom. The number of ether oxygens (including phenoxy) is 2. The summed E-state index contributed by atoms with van der Waals surface area (Å²) < 4.78 is 10.9. The fourth-order valence-corrected chi connectivity index (χ4v) is 1.80. The highest BCUT2D eigenvalue weighted by molar-refractivity contribution is 5.43. The minimum Gasteiger partial charge on any atom is -0.493 e. The van der Waals surface area contributed by atoms with Crippen molar-refractivity contribution in [2.24, 2.45) is 0 Å². The van der Waals surface area contributed by atoms with Crippen LogP contribution in [0.1, 0.15) is 38.8 Å². The normalized spacial score (nSPS) is 13.9. The molecule has 1 aromatic carbocycles. The average Bonchev–Trinajstić information content (AvgIpc) is 2.44. The number of hydrogen-bond donors (Lipinski definition) is 2. The van der Waals surface area contributed by atoms with Gasteiger partial charge in [0.15, 0.2) is 11.5 Å². The molecule has 1 rings (SSSR count). The molecule has 0 saturated carbocycles. The number of benzene rings is 1. The first-order chi connectivity index (χ1) is 9.12. The number of hydrogen-bond acceptors (Lipinski definition) is 4. The van der Waals surface area contributed by atoms with Crippen molar-refractivity contribution in [3.8, 4) is 11.5 Å². The first-order valence-corrected chi connectivity index (χ1v) is 6.84. The molecule has 2 unspecified atom stereocenters. The molecule has 0 aliphatic heterocycles. The summed E-state index contributed by atoms with van der Waals surface area (Å²) in [6, 6.07) is 6.16. The third-order valence-electron chi connectivity index (χ3n) is 3.10. The van der Waals surface area contributed by atoms with Crippen molar-refractivity contribution >= 4 is 0 Å². The summed E-state index contributed by atoms with van der Waals surface area (Å²) in [5.74, 6) is 1.37. The quantitative estimate of drug-likeness (QED) is 0.760. The van der Waals surface area contributed by atoms with Gasteiger partial charge in [0.05, 0.1) is 13.2 Å². The molecule has 0 amide bonds. The van der Waals surface area contributed by atoms with E-state index in [-0.39, 0.29) is 12.6 Å². The van der Waals surface area contributed by atoms with Crippen molar-refractivity contribution in [2.75, 3.05) is 20.3 Å². The van der Waals surface area contributed by atoms with Crippen LogP contribution in [-0.2, 0) is 0 Å². The van der Waals surface area contributed by atoms with Gasteiger partial charge in [-0.15, -0.1) is 0 Å². The Labute approximate surface area is 115 Å². The van der Waals surface area contributed by atoms with Crippen molar-refractivity contribution < 1.29 is 14.6 Å². The Morgan fingerprint density at radius 3 is 2.58 bits per heavy atom. The first-order valence-electron chi connectivity index (χ1n) is 6.84. The molecule has 2 N–H and O–H groups in total. The van der Waals surface area contributed by atoms with Crippen molar-refractivity contribution in [2.45, 2.75) is 39.3 Å². The highest BCUT2D eigenvalue weighted by atomic mass is 16.5. The molecule has 4 nitrogen and oxygen atoms in total. The van der Waals surface area contributed by atoms with Crippen LogP contribution in [0.25, 0.3) is 0 Å². The summed E-state index contributed by atoms with van der Waals surface area (Å²) in [4.78, 5) is 0. The van der Waals surface area contributed by atoms with Crippen LogP contribution in [0, 0.1) is 0 Å². The van der Waals surface area contributed by atoms with Crippen LogP contribution in [0.15, 0.2) is 18.2 Å². The van der Waals surface area contributed by atoms with Gasteiger partial charge in [-0.1, -0.05) is 19.9 Å². The minimum atomic E-state index is -0.440. The Balaban J connectivity index is 2.78. The van der Waals surface area contributed by atoms with E-state index in [1.165, 1.54) is 0 Å². The molecule has 108 valence electrons. The van der Waals surface area contributed by atoms with Crippen LogP contribution in [0.4, 0.5) is 0 Å². The second-order valence-electron chi connectivity index (χ2n) is 4.56. The van der Waals surface area contributed by atoms with E-state index in [1.807, 2.05) is 25.1 Å². The van der Waals surface area contributed by atoms with E-state index in [0.29, 0.717) is 17.9 Å². The fraction of sp³-hybridized carbons (Fsp3) is 0.600. The van der Waals surface area contributed by atoms with Crippen LogP contribution in [-0.4, -0.2) is 31.5 Å². The lowest BCUT2D eigenvalue weighted by atomic mass is 10.1. The van der Waals surface area contributed by atoms with Gasteiger partial charge in [0.25, 0.3) is 0 Å². The smallest absolute Gasteiger partial charge is 0.161 e. The van der Waals surface area contributed by atoms with Crippen molar-refractivity contribution in [3.63, 3.8) is 0 Å². The summed E-state index contributed by atoms with van der Waals surface area (Å²) >= 11 is 0. The van der Waals surface area contributed by atoms with E-state index in [0.717, 1.165) is 12.1 Å². The van der Waals surface area contributed by atoms with Crippen LogP contribution in [0.5, 0.6) is 11.5 Å². The molecule has 1 aromatic rings. The third-order valence-corrected chi connectivity index (χ3v) is 3.10. The standard InChI is InChI=1S/C15H25NO3/c1-5-13(17)10-19-14-8-7-12(9-15(14)18-4)11(3)16-6-2/h7-9,11,13,16-17H,5-6,10H2,1-4H3.